The second-order valence-corrected chi connectivity index (χ2v) is 5.07. The summed E-state index contributed by atoms with van der Waals surface area (Å²) in [6, 6.07) is 1.81. The molecule has 1 fully saturated rings. The van der Waals surface area contributed by atoms with Gasteiger partial charge in [-0.25, -0.2) is 0 Å². The molecule has 104 valence electrons. The van der Waals surface area contributed by atoms with Crippen molar-refractivity contribution in [1.29, 1.82) is 0 Å². The molecular formula is C13H21N5O. The van der Waals surface area contributed by atoms with Gasteiger partial charge in [0.25, 0.3) is 5.91 Å². The monoisotopic (exact) mass is 263 g/mol. The Balaban J connectivity index is 2.01. The van der Waals surface area contributed by atoms with E-state index in [1.807, 2.05) is 6.07 Å². The lowest BCUT2D eigenvalue weighted by Gasteiger charge is -2.23. The summed E-state index contributed by atoms with van der Waals surface area (Å²) in [6.07, 6.45) is 3.95. The molecule has 0 unspecified atom stereocenters. The van der Waals surface area contributed by atoms with Gasteiger partial charge >= 0.3 is 0 Å². The fourth-order valence-corrected chi connectivity index (χ4v) is 2.18. The lowest BCUT2D eigenvalue weighted by molar-refractivity contribution is 0.0822. The van der Waals surface area contributed by atoms with E-state index >= 15 is 0 Å². The summed E-state index contributed by atoms with van der Waals surface area (Å²) in [4.78, 5) is 13.5. The molecule has 6 nitrogen and oxygen atoms in total. The number of nitrogens with zero attached hydrogens (tertiary/aromatic N) is 3. The van der Waals surface area contributed by atoms with E-state index in [2.05, 4.69) is 20.8 Å². The summed E-state index contributed by atoms with van der Waals surface area (Å²) in [5, 5.41) is 14.4. The van der Waals surface area contributed by atoms with Crippen molar-refractivity contribution in [2.45, 2.75) is 12.8 Å². The molecule has 1 aromatic rings. The van der Waals surface area contributed by atoms with Gasteiger partial charge in [-0.3, -0.25) is 4.79 Å². The lowest BCUT2D eigenvalue weighted by atomic mass is 9.98. The van der Waals surface area contributed by atoms with Crippen molar-refractivity contribution < 1.29 is 4.79 Å². The molecule has 0 bridgehead atoms. The molecule has 1 aliphatic rings. The first-order valence-corrected chi connectivity index (χ1v) is 6.66. The highest BCUT2D eigenvalue weighted by Crippen LogP contribution is 2.16. The van der Waals surface area contributed by atoms with Crippen molar-refractivity contribution in [2.75, 3.05) is 39.0 Å². The van der Waals surface area contributed by atoms with Crippen LogP contribution in [0.25, 0.3) is 0 Å². The Labute approximate surface area is 113 Å². The molecule has 19 heavy (non-hydrogen) atoms. The minimum atomic E-state index is -0.124. The molecule has 0 radical (unpaired) electrons. The van der Waals surface area contributed by atoms with Crippen LogP contribution >= 0.6 is 0 Å². The summed E-state index contributed by atoms with van der Waals surface area (Å²) < 4.78 is 0. The summed E-state index contributed by atoms with van der Waals surface area (Å²) in [6.45, 7) is 3.02. The zero-order valence-electron chi connectivity index (χ0n) is 11.5. The van der Waals surface area contributed by atoms with E-state index in [1.165, 1.54) is 17.7 Å². The average Bonchev–Trinajstić information content (AvgIpc) is 2.45. The Bertz CT molecular complexity index is 429. The normalized spacial score (nSPS) is 16.1. The number of carbonyl (C=O) groups excluding carboxylic acids is 1. The number of hydrogen-bond donors (Lipinski definition) is 2. The van der Waals surface area contributed by atoms with Crippen LogP contribution in [-0.2, 0) is 0 Å². The van der Waals surface area contributed by atoms with Gasteiger partial charge in [-0.15, -0.1) is 5.10 Å². The first-order chi connectivity index (χ1) is 9.18. The van der Waals surface area contributed by atoms with Crippen LogP contribution in [-0.4, -0.2) is 54.7 Å². The topological polar surface area (TPSA) is 70.2 Å². The van der Waals surface area contributed by atoms with Crippen LogP contribution in [0.2, 0.25) is 0 Å². The Hall–Kier alpha value is -1.69. The van der Waals surface area contributed by atoms with Gasteiger partial charge in [0.15, 0.2) is 5.69 Å². The number of anilines is 1. The number of nitrogens with one attached hydrogen (secondary N) is 2. The number of hydrogen-bond acceptors (Lipinski definition) is 5. The minimum Gasteiger partial charge on any atom is -0.383 e. The Morgan fingerprint density at radius 3 is 2.89 bits per heavy atom. The minimum absolute atomic E-state index is 0.124. The molecular weight excluding hydrogens is 242 g/mol. The fourth-order valence-electron chi connectivity index (χ4n) is 2.18. The van der Waals surface area contributed by atoms with E-state index in [1.54, 1.807) is 20.3 Å². The molecule has 0 spiro atoms. The smallest absolute Gasteiger partial charge is 0.276 e. The standard InChI is InChI=1S/C13H21N5O/c1-18(2)13(19)12-11(5-8-16-17-12)15-9-10-3-6-14-7-4-10/h5,8,10,14H,3-4,6-7,9H2,1-2H3,(H,15,16). The highest BCUT2D eigenvalue weighted by Gasteiger charge is 2.17. The number of carbonyl (C=O) groups is 1. The predicted octanol–water partition coefficient (Wildman–Crippen LogP) is 0.590. The van der Waals surface area contributed by atoms with Gasteiger partial charge in [0, 0.05) is 20.6 Å². The first-order valence-electron chi connectivity index (χ1n) is 6.66. The lowest BCUT2D eigenvalue weighted by Crippen LogP contribution is -2.31. The van der Waals surface area contributed by atoms with E-state index in [4.69, 9.17) is 0 Å². The van der Waals surface area contributed by atoms with Gasteiger partial charge in [0.1, 0.15) is 0 Å². The maximum Gasteiger partial charge on any atom is 0.276 e. The van der Waals surface area contributed by atoms with Crippen LogP contribution in [0.5, 0.6) is 0 Å². The molecule has 1 aliphatic heterocycles. The summed E-state index contributed by atoms with van der Waals surface area (Å²) in [5.41, 5.74) is 1.16. The van der Waals surface area contributed by atoms with E-state index in [-0.39, 0.29) is 5.91 Å². The fraction of sp³-hybridized carbons (Fsp3) is 0.615. The van der Waals surface area contributed by atoms with Crippen molar-refractivity contribution in [2.24, 2.45) is 5.92 Å². The Morgan fingerprint density at radius 2 is 2.21 bits per heavy atom. The van der Waals surface area contributed by atoms with Crippen LogP contribution in [0, 0.1) is 5.92 Å². The maximum absolute atomic E-state index is 12.0. The SMILES string of the molecule is CN(C)C(=O)c1nnccc1NCC1CCNCC1. The number of piperidine rings is 1. The predicted molar refractivity (Wildman–Crippen MR) is 74.1 cm³/mol. The summed E-state index contributed by atoms with van der Waals surface area (Å²) in [5.74, 6) is 0.526. The molecule has 6 heteroatoms. The van der Waals surface area contributed by atoms with Crippen LogP contribution < -0.4 is 10.6 Å². The number of aromatic nitrogens is 2. The second kappa shape index (κ2) is 6.47. The van der Waals surface area contributed by atoms with E-state index in [9.17, 15) is 4.79 Å². The van der Waals surface area contributed by atoms with Crippen molar-refractivity contribution in [3.8, 4) is 0 Å². The molecule has 2 heterocycles. The van der Waals surface area contributed by atoms with Crippen LogP contribution in [0.1, 0.15) is 23.3 Å². The highest BCUT2D eigenvalue weighted by atomic mass is 16.2. The van der Waals surface area contributed by atoms with E-state index in [0.29, 0.717) is 11.6 Å². The largest absolute Gasteiger partial charge is 0.383 e. The molecule has 2 rings (SSSR count). The summed E-state index contributed by atoms with van der Waals surface area (Å²) in [7, 11) is 3.43. The van der Waals surface area contributed by atoms with Gasteiger partial charge in [-0.05, 0) is 37.9 Å². The van der Waals surface area contributed by atoms with Crippen molar-refractivity contribution in [3.63, 3.8) is 0 Å². The Kier molecular flexibility index (Phi) is 4.68. The molecule has 1 saturated heterocycles. The molecule has 1 amide bonds. The van der Waals surface area contributed by atoms with Crippen molar-refractivity contribution >= 4 is 11.6 Å². The molecule has 0 aromatic carbocycles. The van der Waals surface area contributed by atoms with E-state index < -0.39 is 0 Å². The van der Waals surface area contributed by atoms with Crippen LogP contribution in [0.3, 0.4) is 0 Å². The van der Waals surface area contributed by atoms with Gasteiger partial charge < -0.3 is 15.5 Å². The highest BCUT2D eigenvalue weighted by molar-refractivity contribution is 5.97. The zero-order valence-corrected chi connectivity index (χ0v) is 11.5. The van der Waals surface area contributed by atoms with E-state index in [0.717, 1.165) is 25.3 Å². The van der Waals surface area contributed by atoms with Crippen LogP contribution in [0.15, 0.2) is 12.3 Å². The quantitative estimate of drug-likeness (QED) is 0.832. The molecule has 0 saturated carbocycles. The zero-order chi connectivity index (χ0) is 13.7. The number of amides is 1. The average molecular weight is 263 g/mol. The molecule has 1 aromatic heterocycles. The number of rotatable bonds is 4. The molecule has 0 atom stereocenters. The van der Waals surface area contributed by atoms with Gasteiger partial charge in [0.05, 0.1) is 11.9 Å². The third-order valence-electron chi connectivity index (χ3n) is 3.37. The third-order valence-corrected chi connectivity index (χ3v) is 3.37. The van der Waals surface area contributed by atoms with Crippen molar-refractivity contribution in [1.82, 2.24) is 20.4 Å². The maximum atomic E-state index is 12.0. The third kappa shape index (κ3) is 3.64. The Morgan fingerprint density at radius 1 is 1.47 bits per heavy atom. The van der Waals surface area contributed by atoms with Crippen LogP contribution in [0.4, 0.5) is 5.69 Å². The molecule has 2 N–H and O–H groups in total. The summed E-state index contributed by atoms with van der Waals surface area (Å²) >= 11 is 0. The second-order valence-electron chi connectivity index (χ2n) is 5.07. The van der Waals surface area contributed by atoms with Gasteiger partial charge in [0.2, 0.25) is 0 Å². The first kappa shape index (κ1) is 13.7. The van der Waals surface area contributed by atoms with Gasteiger partial charge in [-0.1, -0.05) is 0 Å². The van der Waals surface area contributed by atoms with Gasteiger partial charge in [-0.2, -0.15) is 5.10 Å². The van der Waals surface area contributed by atoms with Crippen molar-refractivity contribution in [3.05, 3.63) is 18.0 Å². The molecule has 0 aliphatic carbocycles.